The number of carbonyl (C=O) groups excluding carboxylic acids is 2. The van der Waals surface area contributed by atoms with Crippen LogP contribution in [-0.2, 0) is 32.7 Å². The molecule has 10 heteroatoms. The maximum atomic E-state index is 12.9. The molecule has 0 fully saturated rings. The summed E-state index contributed by atoms with van der Waals surface area (Å²) in [7, 11) is 1.47. The average Bonchev–Trinajstić information content (AvgIpc) is 3.51. The molecule has 488 valence electrons. The Balaban J connectivity index is 4.07. The lowest BCUT2D eigenvalue weighted by Crippen LogP contribution is -2.37. The van der Waals surface area contributed by atoms with Crippen molar-refractivity contribution in [2.24, 2.45) is 0 Å². The molecular weight excluding hydrogens is 1070 g/mol. The lowest BCUT2D eigenvalue weighted by Gasteiger charge is -2.24. The van der Waals surface area contributed by atoms with Gasteiger partial charge in [0, 0.05) is 12.8 Å². The predicted molar refractivity (Wildman–Crippen MR) is 367 cm³/mol. The number of phosphoric ester groups is 1. The maximum Gasteiger partial charge on any atom is 0.472 e. The number of esters is 2. The number of allylic oxidation sites excluding steroid dienone is 20. The molecule has 85 heavy (non-hydrogen) atoms. The van der Waals surface area contributed by atoms with Crippen LogP contribution in [0.2, 0.25) is 0 Å². The molecule has 0 bridgehead atoms. The fourth-order valence-electron chi connectivity index (χ4n) is 9.46. The SMILES string of the molecule is CC/C=C\C/C=C\C/C=C\C/C=C\C/C=C\C/C=C\C/C=C\C/C=C\C/C=C\C/C=C\CCCCCCCCCCCCC(=O)OC(COC(=O)CCCCCCCCCCCCCCCCCCCCCC)COP(=O)(O)OCC[N+](C)(C)C. The summed E-state index contributed by atoms with van der Waals surface area (Å²) in [5.74, 6) is -0.797. The first-order valence-corrected chi connectivity index (χ1v) is 36.3. The molecular formula is C75H131NO8P+. The third kappa shape index (κ3) is 69.4. The summed E-state index contributed by atoms with van der Waals surface area (Å²) < 4.78 is 34.7. The zero-order valence-electron chi connectivity index (χ0n) is 55.6. The number of carbonyl (C=O) groups is 2. The Bertz CT molecular complexity index is 1850. The molecule has 0 aromatic heterocycles. The van der Waals surface area contributed by atoms with Crippen LogP contribution in [0.3, 0.4) is 0 Å². The number of hydrogen-bond acceptors (Lipinski definition) is 7. The number of quaternary nitrogens is 1. The van der Waals surface area contributed by atoms with Crippen molar-refractivity contribution in [3.05, 3.63) is 122 Å². The van der Waals surface area contributed by atoms with Crippen molar-refractivity contribution in [2.45, 2.75) is 296 Å². The molecule has 0 aliphatic heterocycles. The Morgan fingerprint density at radius 3 is 1.00 bits per heavy atom. The van der Waals surface area contributed by atoms with E-state index in [1.807, 2.05) is 21.1 Å². The molecule has 0 saturated carbocycles. The Morgan fingerprint density at radius 1 is 0.376 bits per heavy atom. The summed E-state index contributed by atoms with van der Waals surface area (Å²) in [6.45, 7) is 4.34. The largest absolute Gasteiger partial charge is 0.472 e. The van der Waals surface area contributed by atoms with Gasteiger partial charge in [0.25, 0.3) is 0 Å². The van der Waals surface area contributed by atoms with E-state index in [4.69, 9.17) is 18.5 Å². The quantitative estimate of drug-likeness (QED) is 0.0211. The molecule has 0 aromatic carbocycles. The number of ether oxygens (including phenoxy) is 2. The average molecular weight is 1210 g/mol. The molecule has 0 radical (unpaired) electrons. The number of unbranched alkanes of at least 4 members (excludes halogenated alkanes) is 29. The van der Waals surface area contributed by atoms with Crippen molar-refractivity contribution in [1.82, 2.24) is 0 Å². The predicted octanol–water partition coefficient (Wildman–Crippen LogP) is 22.7. The fourth-order valence-corrected chi connectivity index (χ4v) is 10.2. The third-order valence-corrected chi connectivity index (χ3v) is 15.7. The van der Waals surface area contributed by atoms with Gasteiger partial charge in [0.15, 0.2) is 6.10 Å². The van der Waals surface area contributed by atoms with Crippen LogP contribution in [0.1, 0.15) is 290 Å². The summed E-state index contributed by atoms with van der Waals surface area (Å²) in [5, 5.41) is 0. The monoisotopic (exact) mass is 1200 g/mol. The van der Waals surface area contributed by atoms with Crippen molar-refractivity contribution < 1.29 is 42.1 Å². The minimum absolute atomic E-state index is 0.0277. The van der Waals surface area contributed by atoms with Crippen LogP contribution in [0.5, 0.6) is 0 Å². The van der Waals surface area contributed by atoms with Gasteiger partial charge in [-0.05, 0) is 89.9 Å². The van der Waals surface area contributed by atoms with E-state index in [-0.39, 0.29) is 32.0 Å². The third-order valence-electron chi connectivity index (χ3n) is 14.8. The van der Waals surface area contributed by atoms with Gasteiger partial charge in [-0.2, -0.15) is 0 Å². The van der Waals surface area contributed by atoms with Crippen molar-refractivity contribution >= 4 is 19.8 Å². The standard InChI is InChI=1S/C75H130NO8P/c1-6-8-10-12-14-16-18-20-22-24-26-28-29-30-31-32-33-34-35-36-37-38-39-40-41-42-43-44-45-46-47-48-50-52-54-56-58-60-62-64-66-68-75(78)84-73(72-83-85(79,80)82-70-69-76(3,4)5)71-81-74(77)67-65-63-61-59-57-55-53-51-49-27-25-23-21-19-17-15-13-11-9-7-2/h8,10,14,16,20,22,26,28,30-31,33-34,36-37,39-40,42-43,45-46,73H,6-7,9,11-13,15,17-19,21,23-25,27,29,32,35,38,41,44,47-72H2,1-5H3/p+1/b10-8-,16-14-,22-20-,28-26-,31-30-,34-33-,37-36-,40-39-,43-42-,46-45-. The lowest BCUT2D eigenvalue weighted by molar-refractivity contribution is -0.870. The second kappa shape index (κ2) is 64.9. The first-order valence-electron chi connectivity index (χ1n) is 34.8. The van der Waals surface area contributed by atoms with Gasteiger partial charge < -0.3 is 18.9 Å². The Morgan fingerprint density at radius 2 is 0.671 bits per heavy atom. The molecule has 0 rings (SSSR count). The number of phosphoric acid groups is 1. The molecule has 0 aliphatic rings. The molecule has 0 aromatic rings. The van der Waals surface area contributed by atoms with Gasteiger partial charge >= 0.3 is 19.8 Å². The van der Waals surface area contributed by atoms with E-state index in [1.165, 1.54) is 148 Å². The summed E-state index contributed by atoms with van der Waals surface area (Å²) in [4.78, 5) is 35.8. The minimum atomic E-state index is -4.40. The zero-order chi connectivity index (χ0) is 61.9. The number of hydrogen-bond donors (Lipinski definition) is 1. The van der Waals surface area contributed by atoms with Crippen LogP contribution < -0.4 is 0 Å². The van der Waals surface area contributed by atoms with E-state index in [1.54, 1.807) is 0 Å². The number of likely N-dealkylation sites (N-methyl/N-ethyl adjacent to an activating group) is 1. The molecule has 2 atom stereocenters. The molecule has 0 amide bonds. The highest BCUT2D eigenvalue weighted by Crippen LogP contribution is 2.43. The van der Waals surface area contributed by atoms with Gasteiger partial charge in [0.05, 0.1) is 27.7 Å². The van der Waals surface area contributed by atoms with Gasteiger partial charge in [-0.1, -0.05) is 309 Å². The van der Waals surface area contributed by atoms with E-state index in [0.717, 1.165) is 109 Å². The van der Waals surface area contributed by atoms with Crippen molar-refractivity contribution in [1.29, 1.82) is 0 Å². The number of rotatable bonds is 63. The van der Waals surface area contributed by atoms with E-state index in [0.29, 0.717) is 17.4 Å². The van der Waals surface area contributed by atoms with Crippen LogP contribution >= 0.6 is 7.82 Å². The maximum absolute atomic E-state index is 12.9. The summed E-state index contributed by atoms with van der Waals surface area (Å²) in [6, 6.07) is 0. The van der Waals surface area contributed by atoms with Crippen LogP contribution in [0.4, 0.5) is 0 Å². The summed E-state index contributed by atoms with van der Waals surface area (Å²) in [5.41, 5.74) is 0. The van der Waals surface area contributed by atoms with E-state index < -0.39 is 26.5 Å². The second-order valence-corrected chi connectivity index (χ2v) is 25.6. The molecule has 0 spiro atoms. The van der Waals surface area contributed by atoms with E-state index >= 15 is 0 Å². The molecule has 0 aliphatic carbocycles. The molecule has 0 saturated heterocycles. The molecule has 1 N–H and O–H groups in total. The topological polar surface area (TPSA) is 108 Å². The van der Waals surface area contributed by atoms with Gasteiger partial charge in [0.2, 0.25) is 0 Å². The van der Waals surface area contributed by atoms with Gasteiger partial charge in [-0.25, -0.2) is 4.57 Å². The van der Waals surface area contributed by atoms with E-state index in [9.17, 15) is 19.0 Å². The Kier molecular flexibility index (Phi) is 62.1. The Hall–Kier alpha value is -3.59. The van der Waals surface area contributed by atoms with Gasteiger partial charge in [-0.15, -0.1) is 0 Å². The van der Waals surface area contributed by atoms with E-state index in [2.05, 4.69) is 135 Å². The van der Waals surface area contributed by atoms with Crippen molar-refractivity contribution in [2.75, 3.05) is 47.5 Å². The van der Waals surface area contributed by atoms with Crippen LogP contribution in [0.15, 0.2) is 122 Å². The van der Waals surface area contributed by atoms with Crippen LogP contribution in [0.25, 0.3) is 0 Å². The highest BCUT2D eigenvalue weighted by molar-refractivity contribution is 7.47. The van der Waals surface area contributed by atoms with Crippen molar-refractivity contribution in [3.63, 3.8) is 0 Å². The molecule has 0 heterocycles. The Labute approximate surface area is 524 Å². The van der Waals surface area contributed by atoms with Crippen LogP contribution in [0, 0.1) is 0 Å². The van der Waals surface area contributed by atoms with Gasteiger partial charge in [0.1, 0.15) is 19.8 Å². The van der Waals surface area contributed by atoms with Crippen molar-refractivity contribution in [3.8, 4) is 0 Å². The highest BCUT2D eigenvalue weighted by Gasteiger charge is 2.27. The highest BCUT2D eigenvalue weighted by atomic mass is 31.2. The lowest BCUT2D eigenvalue weighted by atomic mass is 10.0. The van der Waals surface area contributed by atoms with Crippen LogP contribution in [-0.4, -0.2) is 74.9 Å². The molecule has 9 nitrogen and oxygen atoms in total. The first kappa shape index (κ1) is 81.4. The minimum Gasteiger partial charge on any atom is -0.462 e. The molecule has 2 unspecified atom stereocenters. The summed E-state index contributed by atoms with van der Waals surface area (Å²) >= 11 is 0. The first-order chi connectivity index (χ1) is 41.5. The summed E-state index contributed by atoms with van der Waals surface area (Å²) in [6.07, 6.45) is 92.9. The zero-order valence-corrected chi connectivity index (χ0v) is 56.5. The normalized spacial score (nSPS) is 13.9. The fraction of sp³-hybridized carbons (Fsp3) is 0.707. The number of nitrogens with zero attached hydrogens (tertiary/aromatic N) is 1. The smallest absolute Gasteiger partial charge is 0.462 e. The second-order valence-electron chi connectivity index (χ2n) is 24.2. The van der Waals surface area contributed by atoms with Gasteiger partial charge in [-0.3, -0.25) is 18.6 Å².